The maximum absolute atomic E-state index is 11.3. The molecule has 5 heteroatoms. The van der Waals surface area contributed by atoms with Crippen molar-refractivity contribution < 1.29 is 9.90 Å². The Morgan fingerprint density at radius 3 is 2.62 bits per heavy atom. The lowest BCUT2D eigenvalue weighted by molar-refractivity contribution is -0.137. The highest BCUT2D eigenvalue weighted by Gasteiger charge is 2.29. The Kier molecular flexibility index (Phi) is 5.63. The maximum Gasteiger partial charge on any atom is 0.303 e. The lowest BCUT2D eigenvalue weighted by Gasteiger charge is -2.35. The van der Waals surface area contributed by atoms with Crippen molar-refractivity contribution in [2.24, 2.45) is 5.92 Å². The molecule has 24 heavy (non-hydrogen) atoms. The van der Waals surface area contributed by atoms with Crippen molar-refractivity contribution in [1.29, 1.82) is 0 Å². The number of carboxylic acids is 1. The van der Waals surface area contributed by atoms with E-state index >= 15 is 0 Å². The fraction of sp³-hybridized carbons (Fsp3) is 0.474. The second-order valence-corrected chi connectivity index (χ2v) is 7.55. The summed E-state index contributed by atoms with van der Waals surface area (Å²) in [5, 5.41) is 9.31. The van der Waals surface area contributed by atoms with Gasteiger partial charge in [-0.15, -0.1) is 0 Å². The molecule has 0 aliphatic carbocycles. The summed E-state index contributed by atoms with van der Waals surface area (Å²) in [6, 6.07) is 12.3. The highest BCUT2D eigenvalue weighted by atomic mass is 32.1. The molecule has 1 N–H and O–H groups in total. The summed E-state index contributed by atoms with van der Waals surface area (Å²) in [7, 11) is 0. The zero-order valence-corrected chi connectivity index (χ0v) is 14.8. The summed E-state index contributed by atoms with van der Waals surface area (Å²) in [4.78, 5) is 15.1. The van der Waals surface area contributed by atoms with Crippen LogP contribution in [0.4, 0.5) is 0 Å². The normalized spacial score (nSPS) is 17.7. The molecular formula is C19H24N2O2S. The average molecular weight is 344 g/mol. The summed E-state index contributed by atoms with van der Waals surface area (Å²) < 4.78 is 4.35. The first-order chi connectivity index (χ1) is 11.6. The first-order valence-corrected chi connectivity index (χ1v) is 9.30. The number of nitrogens with zero attached hydrogens (tertiary/aromatic N) is 2. The van der Waals surface area contributed by atoms with Gasteiger partial charge in [-0.2, -0.15) is 4.37 Å². The third kappa shape index (κ3) is 4.42. The van der Waals surface area contributed by atoms with Crippen LogP contribution in [0.5, 0.6) is 0 Å². The van der Waals surface area contributed by atoms with Crippen LogP contribution >= 0.6 is 11.5 Å². The Morgan fingerprint density at radius 1 is 1.33 bits per heavy atom. The van der Waals surface area contributed by atoms with Gasteiger partial charge in [-0.1, -0.05) is 30.3 Å². The molecule has 1 atom stereocenters. The third-order valence-corrected chi connectivity index (χ3v) is 5.74. The molecule has 3 rings (SSSR count). The van der Waals surface area contributed by atoms with Crippen LogP contribution in [0.3, 0.4) is 0 Å². The van der Waals surface area contributed by atoms with Crippen molar-refractivity contribution in [3.63, 3.8) is 0 Å². The minimum absolute atomic E-state index is 0.122. The van der Waals surface area contributed by atoms with Crippen molar-refractivity contribution in [2.45, 2.75) is 38.6 Å². The highest BCUT2D eigenvalue weighted by molar-refractivity contribution is 7.05. The number of aliphatic carboxylic acids is 1. The molecule has 0 radical (unpaired) electrons. The van der Waals surface area contributed by atoms with Gasteiger partial charge in [-0.3, -0.25) is 9.69 Å². The molecule has 2 aromatic rings. The van der Waals surface area contributed by atoms with E-state index in [1.165, 1.54) is 4.88 Å². The molecule has 1 aromatic heterocycles. The van der Waals surface area contributed by atoms with Crippen LogP contribution in [0, 0.1) is 12.8 Å². The molecule has 0 bridgehead atoms. The summed E-state index contributed by atoms with van der Waals surface area (Å²) in [6.07, 6.45) is 2.35. The number of aromatic nitrogens is 1. The summed E-state index contributed by atoms with van der Waals surface area (Å²) >= 11 is 1.59. The zero-order chi connectivity index (χ0) is 16.9. The first-order valence-electron chi connectivity index (χ1n) is 8.53. The van der Waals surface area contributed by atoms with Crippen LogP contribution in [-0.2, 0) is 11.3 Å². The maximum atomic E-state index is 11.3. The van der Waals surface area contributed by atoms with Gasteiger partial charge in [-0.25, -0.2) is 0 Å². The quantitative estimate of drug-likeness (QED) is 0.863. The van der Waals surface area contributed by atoms with E-state index in [9.17, 15) is 9.90 Å². The molecule has 1 fully saturated rings. The molecule has 0 saturated carbocycles. The molecule has 0 spiro atoms. The van der Waals surface area contributed by atoms with Crippen molar-refractivity contribution in [2.75, 3.05) is 13.1 Å². The zero-order valence-electron chi connectivity index (χ0n) is 14.0. The van der Waals surface area contributed by atoms with Gasteiger partial charge in [0.15, 0.2) is 0 Å². The molecule has 1 saturated heterocycles. The van der Waals surface area contributed by atoms with Gasteiger partial charge in [0.2, 0.25) is 0 Å². The monoisotopic (exact) mass is 344 g/mol. The van der Waals surface area contributed by atoms with E-state index < -0.39 is 5.97 Å². The number of carbonyl (C=O) groups is 1. The standard InChI is InChI=1S/C19H24N2O2S/c1-14-11-17(24-20-14)13-21-9-7-16(8-10-21)18(12-19(22)23)15-5-3-2-4-6-15/h2-6,11,16,18H,7-10,12-13H2,1H3,(H,22,23). The number of rotatable bonds is 6. The first kappa shape index (κ1) is 17.1. The van der Waals surface area contributed by atoms with Crippen LogP contribution < -0.4 is 0 Å². The lowest BCUT2D eigenvalue weighted by atomic mass is 9.78. The number of aryl methyl sites for hydroxylation is 1. The van der Waals surface area contributed by atoms with Crippen molar-refractivity contribution in [1.82, 2.24) is 9.27 Å². The number of hydrogen-bond donors (Lipinski definition) is 1. The SMILES string of the molecule is Cc1cc(CN2CCC(C(CC(=O)O)c3ccccc3)CC2)sn1. The van der Waals surface area contributed by atoms with Crippen LogP contribution in [0.1, 0.15) is 41.3 Å². The Bertz CT molecular complexity index is 663. The van der Waals surface area contributed by atoms with E-state index in [1.54, 1.807) is 11.5 Å². The number of piperidine rings is 1. The second-order valence-electron chi connectivity index (χ2n) is 6.66. The molecule has 1 aliphatic heterocycles. The van der Waals surface area contributed by atoms with Crippen molar-refractivity contribution >= 4 is 17.5 Å². The second kappa shape index (κ2) is 7.90. The predicted molar refractivity (Wildman–Crippen MR) is 96.3 cm³/mol. The van der Waals surface area contributed by atoms with Gasteiger partial charge in [-0.05, 0) is 67.9 Å². The fourth-order valence-corrected chi connectivity index (χ4v) is 4.45. The van der Waals surface area contributed by atoms with E-state index in [1.807, 2.05) is 25.1 Å². The third-order valence-electron chi connectivity index (χ3n) is 4.88. The largest absolute Gasteiger partial charge is 0.481 e. The molecule has 1 aliphatic rings. The molecular weight excluding hydrogens is 320 g/mol. The van der Waals surface area contributed by atoms with Crippen molar-refractivity contribution in [3.05, 3.63) is 52.5 Å². The van der Waals surface area contributed by atoms with Gasteiger partial charge in [0.1, 0.15) is 0 Å². The minimum atomic E-state index is -0.702. The van der Waals surface area contributed by atoms with Crippen LogP contribution in [0.25, 0.3) is 0 Å². The highest BCUT2D eigenvalue weighted by Crippen LogP contribution is 2.35. The Morgan fingerprint density at radius 2 is 2.04 bits per heavy atom. The Balaban J connectivity index is 1.61. The van der Waals surface area contributed by atoms with E-state index in [0.717, 1.165) is 43.7 Å². The molecule has 0 amide bonds. The van der Waals surface area contributed by atoms with E-state index in [2.05, 4.69) is 27.5 Å². The van der Waals surface area contributed by atoms with Gasteiger partial charge in [0.05, 0.1) is 12.1 Å². The summed E-state index contributed by atoms with van der Waals surface area (Å²) in [5.41, 5.74) is 2.26. The molecule has 1 unspecified atom stereocenters. The van der Waals surface area contributed by atoms with Gasteiger partial charge in [0, 0.05) is 11.4 Å². The molecule has 1 aromatic carbocycles. The smallest absolute Gasteiger partial charge is 0.303 e. The lowest BCUT2D eigenvalue weighted by Crippen LogP contribution is -2.35. The number of likely N-dealkylation sites (tertiary alicyclic amines) is 1. The van der Waals surface area contributed by atoms with Crippen LogP contribution in [0.15, 0.2) is 36.4 Å². The van der Waals surface area contributed by atoms with Crippen LogP contribution in [-0.4, -0.2) is 33.4 Å². The van der Waals surface area contributed by atoms with Crippen molar-refractivity contribution in [3.8, 4) is 0 Å². The number of hydrogen-bond acceptors (Lipinski definition) is 4. The van der Waals surface area contributed by atoms with E-state index in [4.69, 9.17) is 0 Å². The summed E-state index contributed by atoms with van der Waals surface area (Å²) in [6.45, 7) is 5.06. The number of carboxylic acid groups (broad SMARTS) is 1. The average Bonchev–Trinajstić information content (AvgIpc) is 2.99. The van der Waals surface area contributed by atoms with Gasteiger partial charge < -0.3 is 5.11 Å². The Labute approximate surface area is 147 Å². The van der Waals surface area contributed by atoms with E-state index in [-0.39, 0.29) is 12.3 Å². The fourth-order valence-electron chi connectivity index (χ4n) is 3.67. The molecule has 2 heterocycles. The van der Waals surface area contributed by atoms with E-state index in [0.29, 0.717) is 5.92 Å². The Hall–Kier alpha value is -1.72. The summed E-state index contributed by atoms with van der Waals surface area (Å²) in [5.74, 6) is -0.133. The number of benzene rings is 1. The molecule has 128 valence electrons. The molecule has 4 nitrogen and oxygen atoms in total. The minimum Gasteiger partial charge on any atom is -0.481 e. The van der Waals surface area contributed by atoms with Crippen LogP contribution in [0.2, 0.25) is 0 Å². The van der Waals surface area contributed by atoms with Gasteiger partial charge >= 0.3 is 5.97 Å². The topological polar surface area (TPSA) is 53.4 Å². The van der Waals surface area contributed by atoms with Gasteiger partial charge in [0.25, 0.3) is 0 Å². The predicted octanol–water partition coefficient (Wildman–Crippen LogP) is 3.92.